The van der Waals surface area contributed by atoms with Gasteiger partial charge in [0.2, 0.25) is 0 Å². The number of hydrogen-bond donors (Lipinski definition) is 1. The molecule has 1 heterocycles. The van der Waals surface area contributed by atoms with Gasteiger partial charge in [-0.2, -0.15) is 0 Å². The van der Waals surface area contributed by atoms with Gasteiger partial charge in [0.15, 0.2) is 0 Å². The number of rotatable bonds is 2. The van der Waals surface area contributed by atoms with Crippen LogP contribution >= 0.6 is 0 Å². The number of nitrogens with two attached hydrogens (primary N) is 1. The van der Waals surface area contributed by atoms with Gasteiger partial charge in [0.05, 0.1) is 0 Å². The number of ether oxygens (including phenoxy) is 1. The minimum Gasteiger partial charge on any atom is -0.381 e. The van der Waals surface area contributed by atoms with Crippen LogP contribution in [0.1, 0.15) is 38.5 Å². The van der Waals surface area contributed by atoms with Gasteiger partial charge in [-0.15, -0.1) is 0 Å². The highest BCUT2D eigenvalue weighted by Gasteiger charge is 2.25. The van der Waals surface area contributed by atoms with E-state index in [0.29, 0.717) is 6.04 Å². The van der Waals surface area contributed by atoms with Gasteiger partial charge in [0.25, 0.3) is 0 Å². The van der Waals surface area contributed by atoms with Gasteiger partial charge in [-0.1, -0.05) is 0 Å². The molecule has 1 aliphatic carbocycles. The second-order valence-corrected chi connectivity index (χ2v) is 4.73. The largest absolute Gasteiger partial charge is 0.381 e. The van der Waals surface area contributed by atoms with Crippen LogP contribution in [0.15, 0.2) is 0 Å². The maximum atomic E-state index is 5.91. The van der Waals surface area contributed by atoms with Crippen molar-refractivity contribution in [3.63, 3.8) is 0 Å². The second kappa shape index (κ2) is 4.43. The highest BCUT2D eigenvalue weighted by Crippen LogP contribution is 2.32. The fourth-order valence-corrected chi connectivity index (χ4v) is 2.78. The van der Waals surface area contributed by atoms with Crippen molar-refractivity contribution >= 4 is 0 Å². The van der Waals surface area contributed by atoms with E-state index in [1.54, 1.807) is 0 Å². The Morgan fingerprint density at radius 3 is 2.38 bits per heavy atom. The van der Waals surface area contributed by atoms with Gasteiger partial charge in [-0.05, 0) is 50.4 Å². The molecule has 1 aliphatic heterocycles. The summed E-state index contributed by atoms with van der Waals surface area (Å²) in [6, 6.07) is 0.504. The van der Waals surface area contributed by atoms with Crippen LogP contribution in [-0.2, 0) is 4.74 Å². The van der Waals surface area contributed by atoms with E-state index in [1.165, 1.54) is 38.5 Å². The molecule has 1 saturated carbocycles. The van der Waals surface area contributed by atoms with Gasteiger partial charge in [-0.25, -0.2) is 0 Å². The minimum absolute atomic E-state index is 0.504. The SMILES string of the molecule is NC1CCC(CC2CCOCC2)C1. The van der Waals surface area contributed by atoms with Crippen molar-refractivity contribution in [3.05, 3.63) is 0 Å². The Kier molecular flexibility index (Phi) is 3.23. The molecule has 0 aromatic carbocycles. The van der Waals surface area contributed by atoms with Gasteiger partial charge in [0.1, 0.15) is 0 Å². The Balaban J connectivity index is 1.71. The molecule has 2 unspecified atom stereocenters. The summed E-state index contributed by atoms with van der Waals surface area (Å²) in [5.74, 6) is 1.86. The van der Waals surface area contributed by atoms with Crippen LogP contribution in [0.4, 0.5) is 0 Å². The van der Waals surface area contributed by atoms with E-state index in [9.17, 15) is 0 Å². The van der Waals surface area contributed by atoms with E-state index >= 15 is 0 Å². The molecule has 2 heteroatoms. The summed E-state index contributed by atoms with van der Waals surface area (Å²) in [5, 5.41) is 0. The second-order valence-electron chi connectivity index (χ2n) is 4.73. The van der Waals surface area contributed by atoms with Crippen molar-refractivity contribution in [2.45, 2.75) is 44.6 Å². The normalized spacial score (nSPS) is 36.7. The van der Waals surface area contributed by atoms with Crippen molar-refractivity contribution in [1.29, 1.82) is 0 Å². The Bertz CT molecular complexity index is 151. The fourth-order valence-electron chi connectivity index (χ4n) is 2.78. The molecule has 2 rings (SSSR count). The molecule has 2 N–H and O–H groups in total. The summed E-state index contributed by atoms with van der Waals surface area (Å²) in [5.41, 5.74) is 5.91. The summed E-state index contributed by atoms with van der Waals surface area (Å²) >= 11 is 0. The molecule has 2 nitrogen and oxygen atoms in total. The maximum Gasteiger partial charge on any atom is 0.0468 e. The van der Waals surface area contributed by atoms with Crippen LogP contribution in [0.25, 0.3) is 0 Å². The Morgan fingerprint density at radius 1 is 1.00 bits per heavy atom. The topological polar surface area (TPSA) is 35.2 Å². The van der Waals surface area contributed by atoms with Crippen LogP contribution < -0.4 is 5.73 Å². The minimum atomic E-state index is 0.504. The molecular weight excluding hydrogens is 162 g/mol. The molecule has 0 radical (unpaired) electrons. The monoisotopic (exact) mass is 183 g/mol. The van der Waals surface area contributed by atoms with Crippen LogP contribution in [0.5, 0.6) is 0 Å². The Labute approximate surface area is 80.8 Å². The highest BCUT2D eigenvalue weighted by molar-refractivity contribution is 4.80. The third-order valence-electron chi connectivity index (χ3n) is 3.59. The van der Waals surface area contributed by atoms with E-state index in [1.807, 2.05) is 0 Å². The van der Waals surface area contributed by atoms with E-state index in [0.717, 1.165) is 25.0 Å². The molecule has 2 fully saturated rings. The molecule has 0 aromatic rings. The van der Waals surface area contributed by atoms with Crippen molar-refractivity contribution in [1.82, 2.24) is 0 Å². The Morgan fingerprint density at radius 2 is 1.77 bits per heavy atom. The van der Waals surface area contributed by atoms with Crippen molar-refractivity contribution in [3.8, 4) is 0 Å². The maximum absolute atomic E-state index is 5.91. The average molecular weight is 183 g/mol. The quantitative estimate of drug-likeness (QED) is 0.710. The molecular formula is C11H21NO. The lowest BCUT2D eigenvalue weighted by Crippen LogP contribution is -2.19. The summed E-state index contributed by atoms with van der Waals surface area (Å²) in [6.07, 6.45) is 7.89. The first-order chi connectivity index (χ1) is 6.34. The molecule has 0 spiro atoms. The predicted molar refractivity (Wildman–Crippen MR) is 53.5 cm³/mol. The third-order valence-corrected chi connectivity index (χ3v) is 3.59. The van der Waals surface area contributed by atoms with Gasteiger partial charge in [-0.3, -0.25) is 0 Å². The third kappa shape index (κ3) is 2.68. The Hall–Kier alpha value is -0.0800. The first-order valence-electron chi connectivity index (χ1n) is 5.68. The predicted octanol–water partition coefficient (Wildman–Crippen LogP) is 1.93. The summed E-state index contributed by atoms with van der Waals surface area (Å²) in [6.45, 7) is 1.98. The fraction of sp³-hybridized carbons (Fsp3) is 1.00. The summed E-state index contributed by atoms with van der Waals surface area (Å²) in [4.78, 5) is 0. The van der Waals surface area contributed by atoms with Gasteiger partial charge in [0, 0.05) is 19.3 Å². The van der Waals surface area contributed by atoms with E-state index in [-0.39, 0.29) is 0 Å². The molecule has 0 bridgehead atoms. The standard InChI is InChI=1S/C11H21NO/c12-11-2-1-10(8-11)7-9-3-5-13-6-4-9/h9-11H,1-8,12H2. The smallest absolute Gasteiger partial charge is 0.0468 e. The zero-order valence-electron chi connectivity index (χ0n) is 8.37. The van der Waals surface area contributed by atoms with Crippen molar-refractivity contribution < 1.29 is 4.74 Å². The van der Waals surface area contributed by atoms with Crippen LogP contribution in [0.3, 0.4) is 0 Å². The van der Waals surface area contributed by atoms with Crippen LogP contribution in [0.2, 0.25) is 0 Å². The lowest BCUT2D eigenvalue weighted by Gasteiger charge is -2.24. The molecule has 0 aromatic heterocycles. The van der Waals surface area contributed by atoms with Crippen molar-refractivity contribution in [2.75, 3.05) is 13.2 Å². The molecule has 1 saturated heterocycles. The zero-order chi connectivity index (χ0) is 9.10. The summed E-state index contributed by atoms with van der Waals surface area (Å²) in [7, 11) is 0. The van der Waals surface area contributed by atoms with Crippen LogP contribution in [-0.4, -0.2) is 19.3 Å². The number of hydrogen-bond acceptors (Lipinski definition) is 2. The summed E-state index contributed by atoms with van der Waals surface area (Å²) < 4.78 is 5.36. The van der Waals surface area contributed by atoms with E-state index in [4.69, 9.17) is 10.5 Å². The molecule has 76 valence electrons. The first kappa shape index (κ1) is 9.47. The van der Waals surface area contributed by atoms with Crippen LogP contribution in [0, 0.1) is 11.8 Å². The molecule has 0 amide bonds. The molecule has 2 aliphatic rings. The lowest BCUT2D eigenvalue weighted by molar-refractivity contribution is 0.0588. The van der Waals surface area contributed by atoms with E-state index < -0.39 is 0 Å². The molecule has 13 heavy (non-hydrogen) atoms. The first-order valence-corrected chi connectivity index (χ1v) is 5.68. The molecule has 2 atom stereocenters. The average Bonchev–Trinajstić information content (AvgIpc) is 2.53. The van der Waals surface area contributed by atoms with Gasteiger partial charge >= 0.3 is 0 Å². The van der Waals surface area contributed by atoms with Crippen molar-refractivity contribution in [2.24, 2.45) is 17.6 Å². The lowest BCUT2D eigenvalue weighted by atomic mass is 9.88. The highest BCUT2D eigenvalue weighted by atomic mass is 16.5. The van der Waals surface area contributed by atoms with Gasteiger partial charge < -0.3 is 10.5 Å². The zero-order valence-corrected chi connectivity index (χ0v) is 8.37. The van der Waals surface area contributed by atoms with E-state index in [2.05, 4.69) is 0 Å².